The van der Waals surface area contributed by atoms with Gasteiger partial charge in [0.05, 0.1) is 32.5 Å². The normalized spacial score (nSPS) is 16.7. The van der Waals surface area contributed by atoms with Gasteiger partial charge in [-0.15, -0.1) is 0 Å². The third-order valence-electron chi connectivity index (χ3n) is 6.95. The van der Waals surface area contributed by atoms with E-state index in [1.54, 1.807) is 41.3 Å². The quantitative estimate of drug-likeness (QED) is 0.408. The second-order valence-electron chi connectivity index (χ2n) is 9.47. The van der Waals surface area contributed by atoms with Gasteiger partial charge >= 0.3 is 6.18 Å². The molecule has 0 unspecified atom stereocenters. The van der Waals surface area contributed by atoms with E-state index in [1.165, 1.54) is 27.4 Å². The molecule has 3 aromatic rings. The highest BCUT2D eigenvalue weighted by Crippen LogP contribution is 2.42. The van der Waals surface area contributed by atoms with Crippen LogP contribution in [-0.4, -0.2) is 68.5 Å². The van der Waals surface area contributed by atoms with Crippen molar-refractivity contribution >= 4 is 17.4 Å². The first-order valence-corrected chi connectivity index (χ1v) is 12.6. The van der Waals surface area contributed by atoms with Gasteiger partial charge in [-0.1, -0.05) is 0 Å². The number of halogens is 3. The van der Waals surface area contributed by atoms with E-state index in [-0.39, 0.29) is 23.4 Å². The molecule has 210 valence electrons. The predicted molar refractivity (Wildman–Crippen MR) is 142 cm³/mol. The number of piperazine rings is 1. The lowest BCUT2D eigenvalue weighted by Crippen LogP contribution is -2.55. The number of amides is 1. The minimum absolute atomic E-state index is 0.0645. The Morgan fingerprint density at radius 3 is 2.20 bits per heavy atom. The van der Waals surface area contributed by atoms with Crippen LogP contribution in [0.5, 0.6) is 28.7 Å². The molecule has 0 spiro atoms. The summed E-state index contributed by atoms with van der Waals surface area (Å²) in [5.41, 5.74) is 0.252. The molecule has 0 N–H and O–H groups in total. The molecule has 40 heavy (non-hydrogen) atoms. The number of alkyl halides is 3. The molecule has 2 aliphatic heterocycles. The Kier molecular flexibility index (Phi) is 7.22. The van der Waals surface area contributed by atoms with Crippen LogP contribution in [0.25, 0.3) is 0 Å². The van der Waals surface area contributed by atoms with Gasteiger partial charge in [0.1, 0.15) is 34.5 Å². The molecule has 1 saturated heterocycles. The fraction of sp³-hybridized carbons (Fsp3) is 0.310. The predicted octanol–water partition coefficient (Wildman–Crippen LogP) is 5.76. The Balaban J connectivity index is 1.49. The van der Waals surface area contributed by atoms with Crippen molar-refractivity contribution in [3.05, 3.63) is 71.3 Å². The average molecular weight is 556 g/mol. The van der Waals surface area contributed by atoms with Crippen molar-refractivity contribution in [2.24, 2.45) is 4.99 Å². The van der Waals surface area contributed by atoms with E-state index in [4.69, 9.17) is 18.9 Å². The first-order chi connectivity index (χ1) is 19.1. The van der Waals surface area contributed by atoms with E-state index < -0.39 is 11.7 Å². The largest absolute Gasteiger partial charge is 0.497 e. The fourth-order valence-electron chi connectivity index (χ4n) is 4.85. The highest BCUT2D eigenvalue weighted by atomic mass is 19.4. The molecule has 1 fully saturated rings. The highest BCUT2D eigenvalue weighted by molar-refractivity contribution is 6.04. The van der Waals surface area contributed by atoms with Crippen LogP contribution in [0.15, 0.2) is 59.6 Å². The molecular weight excluding hydrogens is 527 g/mol. The zero-order valence-corrected chi connectivity index (χ0v) is 22.4. The molecule has 0 aliphatic carbocycles. The maximum Gasteiger partial charge on any atom is 0.416 e. The number of aliphatic imine (C=N–C) groups is 1. The average Bonchev–Trinajstić information content (AvgIpc) is 3.11. The van der Waals surface area contributed by atoms with E-state index >= 15 is 0 Å². The van der Waals surface area contributed by atoms with Crippen LogP contribution >= 0.6 is 0 Å². The lowest BCUT2D eigenvalue weighted by Gasteiger charge is -2.41. The van der Waals surface area contributed by atoms with E-state index in [1.807, 2.05) is 11.8 Å². The Labute approximate surface area is 229 Å². The SMILES string of the molecule is COc1cc(OC)cc(C(=O)N2CCN(C3=Nc4cc(C(F)(F)F)ccc4Oc4ccc(OC)cc43)C[C@H]2C)c1. The van der Waals surface area contributed by atoms with Gasteiger partial charge in [-0.05, 0) is 55.5 Å². The number of carbonyl (C=O) groups excluding carboxylic acids is 1. The molecule has 1 atom stereocenters. The molecule has 3 aromatic carbocycles. The van der Waals surface area contributed by atoms with Gasteiger partial charge in [-0.2, -0.15) is 13.2 Å². The summed E-state index contributed by atoms with van der Waals surface area (Å²) in [4.78, 5) is 21.9. The van der Waals surface area contributed by atoms with Crippen LogP contribution in [0.3, 0.4) is 0 Å². The third-order valence-corrected chi connectivity index (χ3v) is 6.95. The second kappa shape index (κ2) is 10.6. The number of hydrogen-bond donors (Lipinski definition) is 0. The number of carbonyl (C=O) groups is 1. The number of hydrogen-bond acceptors (Lipinski definition) is 7. The number of methoxy groups -OCH3 is 3. The smallest absolute Gasteiger partial charge is 0.416 e. The van der Waals surface area contributed by atoms with Gasteiger partial charge in [-0.25, -0.2) is 4.99 Å². The summed E-state index contributed by atoms with van der Waals surface area (Å²) in [5, 5.41) is 0. The second-order valence-corrected chi connectivity index (χ2v) is 9.47. The van der Waals surface area contributed by atoms with Gasteiger partial charge in [0.25, 0.3) is 5.91 Å². The van der Waals surface area contributed by atoms with Crippen molar-refractivity contribution in [2.45, 2.75) is 19.1 Å². The summed E-state index contributed by atoms with van der Waals surface area (Å²) in [7, 11) is 4.56. The van der Waals surface area contributed by atoms with Crippen LogP contribution in [0.2, 0.25) is 0 Å². The van der Waals surface area contributed by atoms with Crippen LogP contribution in [0.1, 0.15) is 28.4 Å². The molecule has 5 rings (SSSR count). The van der Waals surface area contributed by atoms with Crippen LogP contribution in [-0.2, 0) is 6.18 Å². The van der Waals surface area contributed by atoms with Gasteiger partial charge in [-0.3, -0.25) is 4.79 Å². The van der Waals surface area contributed by atoms with Crippen molar-refractivity contribution in [3.8, 4) is 28.7 Å². The van der Waals surface area contributed by atoms with Crippen molar-refractivity contribution in [1.82, 2.24) is 9.80 Å². The molecule has 2 aliphatic rings. The van der Waals surface area contributed by atoms with Crippen molar-refractivity contribution in [1.29, 1.82) is 0 Å². The summed E-state index contributed by atoms with van der Waals surface area (Å²) in [6, 6.07) is 13.2. The standard InChI is InChI=1S/C29H28F3N3O5/c1-17-16-34(9-10-35(17)28(36)18-11-21(38-3)14-22(12-18)39-4)27-23-15-20(37-2)6-8-25(23)40-26-7-5-19(29(30,31)32)13-24(26)33-27/h5-8,11-15,17H,9-10,16H2,1-4H3/t17-/m1/s1. The van der Waals surface area contributed by atoms with E-state index in [2.05, 4.69) is 4.99 Å². The monoisotopic (exact) mass is 555 g/mol. The molecule has 0 bridgehead atoms. The summed E-state index contributed by atoms with van der Waals surface area (Å²) < 4.78 is 62.6. The lowest BCUT2D eigenvalue weighted by molar-refractivity contribution is -0.137. The maximum absolute atomic E-state index is 13.5. The molecule has 0 radical (unpaired) electrons. The number of amidine groups is 1. The first kappa shape index (κ1) is 27.2. The van der Waals surface area contributed by atoms with Crippen LogP contribution in [0.4, 0.5) is 18.9 Å². The van der Waals surface area contributed by atoms with Gasteiger partial charge in [0, 0.05) is 37.3 Å². The first-order valence-electron chi connectivity index (χ1n) is 12.6. The van der Waals surface area contributed by atoms with Crippen LogP contribution < -0.4 is 18.9 Å². The highest BCUT2D eigenvalue weighted by Gasteiger charge is 2.34. The molecule has 1 amide bonds. The van der Waals surface area contributed by atoms with Crippen LogP contribution in [0, 0.1) is 0 Å². The van der Waals surface area contributed by atoms with E-state index in [0.717, 1.165) is 12.1 Å². The Morgan fingerprint density at radius 2 is 1.57 bits per heavy atom. The van der Waals surface area contributed by atoms with E-state index in [0.29, 0.717) is 59.6 Å². The van der Waals surface area contributed by atoms with Gasteiger partial charge < -0.3 is 28.7 Å². The van der Waals surface area contributed by atoms with Gasteiger partial charge in [0.2, 0.25) is 0 Å². The zero-order valence-electron chi connectivity index (χ0n) is 22.4. The summed E-state index contributed by atoms with van der Waals surface area (Å²) >= 11 is 0. The van der Waals surface area contributed by atoms with Gasteiger partial charge in [0.15, 0.2) is 5.75 Å². The molecule has 8 nitrogen and oxygen atoms in total. The molecule has 2 heterocycles. The zero-order chi connectivity index (χ0) is 28.6. The van der Waals surface area contributed by atoms with Crippen molar-refractivity contribution < 1.29 is 36.9 Å². The minimum atomic E-state index is -4.53. The summed E-state index contributed by atoms with van der Waals surface area (Å²) in [5.74, 6) is 2.46. The molecule has 0 saturated carbocycles. The molecular formula is C29H28F3N3O5. The number of nitrogens with zero attached hydrogens (tertiary/aromatic N) is 3. The lowest BCUT2D eigenvalue weighted by atomic mass is 10.1. The Hall–Kier alpha value is -4.41. The van der Waals surface area contributed by atoms with Crippen molar-refractivity contribution in [3.63, 3.8) is 0 Å². The number of ether oxygens (including phenoxy) is 4. The maximum atomic E-state index is 13.5. The number of rotatable bonds is 4. The molecule has 11 heteroatoms. The fourth-order valence-corrected chi connectivity index (χ4v) is 4.85. The molecule has 0 aromatic heterocycles. The minimum Gasteiger partial charge on any atom is -0.497 e. The summed E-state index contributed by atoms with van der Waals surface area (Å²) in [6.45, 7) is 3.04. The number of benzene rings is 3. The number of fused-ring (bicyclic) bond motifs is 2. The van der Waals surface area contributed by atoms with E-state index in [9.17, 15) is 18.0 Å². The van der Waals surface area contributed by atoms with Crippen molar-refractivity contribution in [2.75, 3.05) is 41.0 Å². The third kappa shape index (κ3) is 5.23. The summed E-state index contributed by atoms with van der Waals surface area (Å²) in [6.07, 6.45) is -4.53. The Bertz CT molecular complexity index is 1450. The topological polar surface area (TPSA) is 72.8 Å². The Morgan fingerprint density at radius 1 is 0.900 bits per heavy atom.